The Morgan fingerprint density at radius 3 is 2.57 bits per heavy atom. The van der Waals surface area contributed by atoms with Crippen LogP contribution in [0.5, 0.6) is 11.5 Å². The number of hydrogen-bond donors (Lipinski definition) is 4. The standard InChI is InChI=1S/C25H24FN5O3S/c1-13(32)29-24-31-18-9-10-20(21(27)22(18)35-24)34-16-7-8-17(26)19(12-16)30-23(33)14-5-4-6-15(11-14)25(2,3)28/h4-12H,27-28H2,1-3H3,(H,30,33)(H,29,31,32). The third kappa shape index (κ3) is 5.39. The van der Waals surface area contributed by atoms with Crippen LogP contribution < -0.4 is 26.8 Å². The van der Waals surface area contributed by atoms with E-state index < -0.39 is 17.3 Å². The third-order valence-corrected chi connectivity index (χ3v) is 6.14. The number of thiazole rings is 1. The molecule has 0 atom stereocenters. The van der Waals surface area contributed by atoms with Gasteiger partial charge in [0, 0.05) is 24.1 Å². The van der Waals surface area contributed by atoms with E-state index in [0.29, 0.717) is 32.3 Å². The lowest BCUT2D eigenvalue weighted by Gasteiger charge is -2.19. The number of aromatic nitrogens is 1. The van der Waals surface area contributed by atoms with Gasteiger partial charge in [0.15, 0.2) is 10.9 Å². The maximum atomic E-state index is 14.5. The molecule has 0 saturated heterocycles. The minimum atomic E-state index is -0.628. The topological polar surface area (TPSA) is 132 Å². The van der Waals surface area contributed by atoms with E-state index in [1.54, 1.807) is 30.3 Å². The van der Waals surface area contributed by atoms with Crippen molar-refractivity contribution in [3.63, 3.8) is 0 Å². The number of nitrogens with zero attached hydrogens (tertiary/aromatic N) is 1. The van der Waals surface area contributed by atoms with Gasteiger partial charge in [0.1, 0.15) is 11.6 Å². The fourth-order valence-corrected chi connectivity index (χ4v) is 4.29. The highest BCUT2D eigenvalue weighted by Crippen LogP contribution is 2.39. The van der Waals surface area contributed by atoms with E-state index >= 15 is 0 Å². The van der Waals surface area contributed by atoms with E-state index in [1.807, 2.05) is 19.9 Å². The van der Waals surface area contributed by atoms with Crippen molar-refractivity contribution < 1.29 is 18.7 Å². The third-order valence-electron chi connectivity index (χ3n) is 5.12. The van der Waals surface area contributed by atoms with Crippen molar-refractivity contribution in [2.24, 2.45) is 5.73 Å². The number of carbonyl (C=O) groups excluding carboxylic acids is 2. The molecule has 1 aromatic heterocycles. The number of benzene rings is 3. The summed E-state index contributed by atoms with van der Waals surface area (Å²) in [6.45, 7) is 5.06. The molecule has 4 rings (SSSR count). The molecule has 0 saturated carbocycles. The van der Waals surface area contributed by atoms with Crippen LogP contribution in [0.15, 0.2) is 54.6 Å². The summed E-state index contributed by atoms with van der Waals surface area (Å²) in [5.41, 5.74) is 13.8. The van der Waals surface area contributed by atoms with Gasteiger partial charge in [-0.2, -0.15) is 0 Å². The van der Waals surface area contributed by atoms with Crippen LogP contribution in [0.4, 0.5) is 20.9 Å². The van der Waals surface area contributed by atoms with Crippen molar-refractivity contribution in [3.8, 4) is 11.5 Å². The van der Waals surface area contributed by atoms with Crippen molar-refractivity contribution >= 4 is 49.9 Å². The average Bonchev–Trinajstić information content (AvgIpc) is 3.20. The Balaban J connectivity index is 1.57. The Morgan fingerprint density at radius 2 is 1.86 bits per heavy atom. The molecule has 0 fully saturated rings. The monoisotopic (exact) mass is 493 g/mol. The summed E-state index contributed by atoms with van der Waals surface area (Å²) in [4.78, 5) is 28.4. The Hall–Kier alpha value is -4.02. The first-order valence-electron chi connectivity index (χ1n) is 10.7. The number of ether oxygens (including phenoxy) is 1. The minimum absolute atomic E-state index is 0.0460. The first-order chi connectivity index (χ1) is 16.5. The molecule has 180 valence electrons. The molecule has 0 bridgehead atoms. The molecule has 0 aliphatic rings. The van der Waals surface area contributed by atoms with E-state index in [2.05, 4.69) is 15.6 Å². The summed E-state index contributed by atoms with van der Waals surface area (Å²) in [5, 5.41) is 5.64. The van der Waals surface area contributed by atoms with E-state index in [9.17, 15) is 14.0 Å². The predicted octanol–water partition coefficient (Wildman–Crippen LogP) is 5.21. The number of halogens is 1. The zero-order chi connectivity index (χ0) is 25.3. The van der Waals surface area contributed by atoms with Gasteiger partial charge in [0.25, 0.3) is 5.91 Å². The number of nitrogens with two attached hydrogens (primary N) is 2. The summed E-state index contributed by atoms with van der Waals surface area (Å²) < 4.78 is 21.0. The molecule has 35 heavy (non-hydrogen) atoms. The number of anilines is 3. The number of hydrogen-bond acceptors (Lipinski definition) is 7. The van der Waals surface area contributed by atoms with Crippen LogP contribution in [0.2, 0.25) is 0 Å². The second-order valence-electron chi connectivity index (χ2n) is 8.53. The molecular weight excluding hydrogens is 469 g/mol. The normalized spacial score (nSPS) is 11.3. The first kappa shape index (κ1) is 24.1. The summed E-state index contributed by atoms with van der Waals surface area (Å²) in [6, 6.07) is 14.2. The number of fused-ring (bicyclic) bond motifs is 1. The number of nitrogen functional groups attached to an aromatic ring is 1. The SMILES string of the molecule is CC(=O)Nc1nc2ccc(Oc3ccc(F)c(NC(=O)c4cccc(C(C)(C)N)c4)c3)c(N)c2s1. The van der Waals surface area contributed by atoms with Gasteiger partial charge in [-0.3, -0.25) is 9.59 Å². The van der Waals surface area contributed by atoms with E-state index in [-0.39, 0.29) is 17.3 Å². The second kappa shape index (κ2) is 9.32. The van der Waals surface area contributed by atoms with Crippen LogP contribution >= 0.6 is 11.3 Å². The van der Waals surface area contributed by atoms with Crippen LogP contribution in [-0.4, -0.2) is 16.8 Å². The van der Waals surface area contributed by atoms with E-state index in [1.165, 1.54) is 36.5 Å². The minimum Gasteiger partial charge on any atom is -0.455 e. The van der Waals surface area contributed by atoms with Crippen molar-refractivity contribution in [2.75, 3.05) is 16.4 Å². The van der Waals surface area contributed by atoms with Gasteiger partial charge in [-0.05, 0) is 55.8 Å². The predicted molar refractivity (Wildman–Crippen MR) is 136 cm³/mol. The molecule has 2 amide bonds. The van der Waals surface area contributed by atoms with Crippen molar-refractivity contribution in [1.29, 1.82) is 0 Å². The largest absolute Gasteiger partial charge is 0.455 e. The van der Waals surface area contributed by atoms with Crippen LogP contribution in [0.1, 0.15) is 36.7 Å². The van der Waals surface area contributed by atoms with Crippen molar-refractivity contribution in [1.82, 2.24) is 4.98 Å². The van der Waals surface area contributed by atoms with Gasteiger partial charge in [-0.1, -0.05) is 23.5 Å². The van der Waals surface area contributed by atoms with Crippen molar-refractivity contribution in [3.05, 3.63) is 71.5 Å². The maximum absolute atomic E-state index is 14.5. The summed E-state index contributed by atoms with van der Waals surface area (Å²) in [6.07, 6.45) is 0. The molecule has 1 heterocycles. The average molecular weight is 494 g/mol. The number of amides is 2. The van der Waals surface area contributed by atoms with Crippen LogP contribution in [0.3, 0.4) is 0 Å². The molecule has 6 N–H and O–H groups in total. The van der Waals surface area contributed by atoms with Gasteiger partial charge in [0.2, 0.25) is 5.91 Å². The van der Waals surface area contributed by atoms with Crippen LogP contribution in [0.25, 0.3) is 10.2 Å². The van der Waals surface area contributed by atoms with Gasteiger partial charge in [0.05, 0.1) is 21.6 Å². The zero-order valence-corrected chi connectivity index (χ0v) is 20.1. The molecule has 10 heteroatoms. The molecule has 8 nitrogen and oxygen atoms in total. The molecular formula is C25H24FN5O3S. The fraction of sp³-hybridized carbons (Fsp3) is 0.160. The van der Waals surface area contributed by atoms with Crippen molar-refractivity contribution in [2.45, 2.75) is 26.3 Å². The molecule has 3 aromatic carbocycles. The van der Waals surface area contributed by atoms with Gasteiger partial charge in [-0.25, -0.2) is 9.37 Å². The first-order valence-corrected chi connectivity index (χ1v) is 11.5. The lowest BCUT2D eigenvalue weighted by molar-refractivity contribution is -0.114. The fourth-order valence-electron chi connectivity index (χ4n) is 3.33. The molecule has 4 aromatic rings. The van der Waals surface area contributed by atoms with Crippen LogP contribution in [0, 0.1) is 5.82 Å². The van der Waals surface area contributed by atoms with Gasteiger partial charge >= 0.3 is 0 Å². The molecule has 0 unspecified atom stereocenters. The Morgan fingerprint density at radius 1 is 1.09 bits per heavy atom. The summed E-state index contributed by atoms with van der Waals surface area (Å²) >= 11 is 1.22. The van der Waals surface area contributed by atoms with Gasteiger partial charge in [-0.15, -0.1) is 0 Å². The van der Waals surface area contributed by atoms with Gasteiger partial charge < -0.3 is 26.8 Å². The van der Waals surface area contributed by atoms with E-state index in [4.69, 9.17) is 16.2 Å². The Bertz CT molecular complexity index is 1450. The lowest BCUT2D eigenvalue weighted by Crippen LogP contribution is -2.29. The zero-order valence-electron chi connectivity index (χ0n) is 19.3. The lowest BCUT2D eigenvalue weighted by atomic mass is 9.94. The van der Waals surface area contributed by atoms with Crippen LogP contribution in [-0.2, 0) is 10.3 Å². The smallest absolute Gasteiger partial charge is 0.255 e. The summed E-state index contributed by atoms with van der Waals surface area (Å²) in [5.74, 6) is -0.734. The van der Waals surface area contributed by atoms with E-state index in [0.717, 1.165) is 5.56 Å². The Kier molecular flexibility index (Phi) is 6.42. The highest BCUT2D eigenvalue weighted by molar-refractivity contribution is 7.23. The molecule has 0 radical (unpaired) electrons. The summed E-state index contributed by atoms with van der Waals surface area (Å²) in [7, 11) is 0. The second-order valence-corrected chi connectivity index (χ2v) is 9.53. The number of rotatable bonds is 6. The molecule has 0 aliphatic carbocycles. The maximum Gasteiger partial charge on any atom is 0.255 e. The number of nitrogens with one attached hydrogen (secondary N) is 2. The molecule has 0 spiro atoms. The highest BCUT2D eigenvalue weighted by atomic mass is 32.1. The quantitative estimate of drug-likeness (QED) is 0.273. The number of carbonyl (C=O) groups is 2. The Labute approximate surface area is 205 Å². The highest BCUT2D eigenvalue weighted by Gasteiger charge is 2.18. The molecule has 0 aliphatic heterocycles.